The molecule has 0 aliphatic heterocycles. The van der Waals surface area contributed by atoms with Crippen molar-refractivity contribution in [2.45, 2.75) is 40.5 Å². The molecule has 2 amide bonds. The molecule has 0 aromatic heterocycles. The third-order valence-electron chi connectivity index (χ3n) is 2.94. The van der Waals surface area contributed by atoms with Crippen LogP contribution in [0.5, 0.6) is 0 Å². The van der Waals surface area contributed by atoms with Gasteiger partial charge in [0.2, 0.25) is 11.8 Å². The Morgan fingerprint density at radius 3 is 2.50 bits per heavy atom. The van der Waals surface area contributed by atoms with Crippen LogP contribution >= 0.6 is 0 Å². The van der Waals surface area contributed by atoms with Gasteiger partial charge in [0.1, 0.15) is 0 Å². The van der Waals surface area contributed by atoms with Crippen LogP contribution in [0.2, 0.25) is 0 Å². The van der Waals surface area contributed by atoms with Crippen LogP contribution in [0.25, 0.3) is 0 Å². The van der Waals surface area contributed by atoms with Gasteiger partial charge in [0.05, 0.1) is 0 Å². The fraction of sp³-hybridized carbons (Fsp3) is 0.500. The molecule has 0 fully saturated rings. The lowest BCUT2D eigenvalue weighted by molar-refractivity contribution is -0.128. The van der Waals surface area contributed by atoms with E-state index in [1.165, 1.54) is 5.56 Å². The number of carbonyl (C=O) groups excluding carboxylic acids is 2. The number of nitrogens with one attached hydrogen (secondary N) is 2. The van der Waals surface area contributed by atoms with Gasteiger partial charge in [0.25, 0.3) is 0 Å². The van der Waals surface area contributed by atoms with Gasteiger partial charge in [-0.3, -0.25) is 9.59 Å². The predicted molar refractivity (Wildman–Crippen MR) is 81.5 cm³/mol. The first kappa shape index (κ1) is 16.2. The van der Waals surface area contributed by atoms with Crippen molar-refractivity contribution in [2.24, 2.45) is 5.41 Å². The van der Waals surface area contributed by atoms with Gasteiger partial charge in [-0.05, 0) is 24.1 Å². The first-order chi connectivity index (χ1) is 9.32. The van der Waals surface area contributed by atoms with Crippen molar-refractivity contribution >= 4 is 17.5 Å². The fourth-order valence-corrected chi connectivity index (χ4v) is 1.65. The summed E-state index contributed by atoms with van der Waals surface area (Å²) in [6.07, 6.45) is 1.21. The number of rotatable bonds is 5. The Balaban J connectivity index is 2.39. The van der Waals surface area contributed by atoms with Crippen molar-refractivity contribution < 1.29 is 9.59 Å². The predicted octanol–water partition coefficient (Wildman–Crippen LogP) is 2.74. The summed E-state index contributed by atoms with van der Waals surface area (Å²) in [5.41, 5.74) is 1.56. The van der Waals surface area contributed by atoms with E-state index in [0.29, 0.717) is 6.54 Å². The van der Waals surface area contributed by atoms with E-state index < -0.39 is 5.41 Å². The average molecular weight is 276 g/mol. The third-order valence-corrected chi connectivity index (χ3v) is 2.94. The van der Waals surface area contributed by atoms with Gasteiger partial charge in [0.15, 0.2) is 0 Å². The topological polar surface area (TPSA) is 58.2 Å². The fourth-order valence-electron chi connectivity index (χ4n) is 1.65. The summed E-state index contributed by atoms with van der Waals surface area (Å²) >= 11 is 0. The SMILES string of the molecule is CCc1cccc(NC(=O)CCNC(=O)C(C)(C)C)c1. The number of aryl methyl sites for hydroxylation is 1. The molecular formula is C16H24N2O2. The smallest absolute Gasteiger partial charge is 0.226 e. The maximum atomic E-state index is 11.8. The minimum absolute atomic E-state index is 0.0433. The van der Waals surface area contributed by atoms with Crippen molar-refractivity contribution in [3.8, 4) is 0 Å². The molecule has 0 aliphatic rings. The highest BCUT2D eigenvalue weighted by Gasteiger charge is 2.20. The Kier molecular flexibility index (Phi) is 5.74. The molecule has 0 spiro atoms. The number of benzene rings is 1. The lowest BCUT2D eigenvalue weighted by Crippen LogP contribution is -2.36. The van der Waals surface area contributed by atoms with E-state index in [0.717, 1.165) is 12.1 Å². The highest BCUT2D eigenvalue weighted by Crippen LogP contribution is 2.13. The summed E-state index contributed by atoms with van der Waals surface area (Å²) in [4.78, 5) is 23.4. The van der Waals surface area contributed by atoms with Crippen LogP contribution < -0.4 is 10.6 Å². The van der Waals surface area contributed by atoms with Crippen molar-refractivity contribution in [3.05, 3.63) is 29.8 Å². The Labute approximate surface area is 121 Å². The molecular weight excluding hydrogens is 252 g/mol. The zero-order chi connectivity index (χ0) is 15.2. The molecule has 2 N–H and O–H groups in total. The summed E-state index contributed by atoms with van der Waals surface area (Å²) in [5.74, 6) is -0.134. The van der Waals surface area contributed by atoms with Gasteiger partial charge < -0.3 is 10.6 Å². The van der Waals surface area contributed by atoms with Crippen molar-refractivity contribution in [2.75, 3.05) is 11.9 Å². The second-order valence-electron chi connectivity index (χ2n) is 5.86. The molecule has 4 heteroatoms. The number of hydrogen-bond acceptors (Lipinski definition) is 2. The molecule has 0 aliphatic carbocycles. The maximum absolute atomic E-state index is 11.8. The summed E-state index contributed by atoms with van der Waals surface area (Å²) in [6.45, 7) is 7.97. The first-order valence-corrected chi connectivity index (χ1v) is 7.00. The molecule has 0 atom stereocenters. The van der Waals surface area contributed by atoms with Crippen LogP contribution in [-0.4, -0.2) is 18.4 Å². The number of hydrogen-bond donors (Lipinski definition) is 2. The third kappa shape index (κ3) is 5.43. The molecule has 20 heavy (non-hydrogen) atoms. The highest BCUT2D eigenvalue weighted by molar-refractivity contribution is 5.91. The lowest BCUT2D eigenvalue weighted by atomic mass is 9.96. The molecule has 1 aromatic carbocycles. The number of carbonyl (C=O) groups is 2. The molecule has 0 saturated carbocycles. The van der Waals surface area contributed by atoms with E-state index in [9.17, 15) is 9.59 Å². The van der Waals surface area contributed by atoms with Gasteiger partial charge in [-0.25, -0.2) is 0 Å². The van der Waals surface area contributed by atoms with Crippen molar-refractivity contribution in [1.82, 2.24) is 5.32 Å². The Bertz CT molecular complexity index is 476. The average Bonchev–Trinajstić information content (AvgIpc) is 2.37. The summed E-state index contributed by atoms with van der Waals surface area (Å²) in [6, 6.07) is 7.78. The van der Waals surface area contributed by atoms with Gasteiger partial charge in [-0.2, -0.15) is 0 Å². The molecule has 0 unspecified atom stereocenters. The summed E-state index contributed by atoms with van der Waals surface area (Å²) < 4.78 is 0. The lowest BCUT2D eigenvalue weighted by Gasteiger charge is -2.17. The minimum atomic E-state index is -0.425. The molecule has 0 bridgehead atoms. The van der Waals surface area contributed by atoms with Crippen LogP contribution in [0, 0.1) is 5.41 Å². The van der Waals surface area contributed by atoms with E-state index in [1.807, 2.05) is 45.0 Å². The van der Waals surface area contributed by atoms with Gasteiger partial charge in [0, 0.05) is 24.1 Å². The van der Waals surface area contributed by atoms with Gasteiger partial charge >= 0.3 is 0 Å². The van der Waals surface area contributed by atoms with Crippen molar-refractivity contribution in [3.63, 3.8) is 0 Å². The molecule has 110 valence electrons. The normalized spacial score (nSPS) is 11.0. The molecule has 0 saturated heterocycles. The minimum Gasteiger partial charge on any atom is -0.355 e. The zero-order valence-electron chi connectivity index (χ0n) is 12.7. The molecule has 0 heterocycles. The second kappa shape index (κ2) is 7.08. The second-order valence-corrected chi connectivity index (χ2v) is 5.86. The highest BCUT2D eigenvalue weighted by atomic mass is 16.2. The van der Waals surface area contributed by atoms with Crippen LogP contribution in [0.4, 0.5) is 5.69 Å². The molecule has 4 nitrogen and oxygen atoms in total. The van der Waals surface area contributed by atoms with Crippen LogP contribution in [0.3, 0.4) is 0 Å². The van der Waals surface area contributed by atoms with E-state index in [2.05, 4.69) is 17.6 Å². The van der Waals surface area contributed by atoms with E-state index >= 15 is 0 Å². The molecule has 1 aromatic rings. The zero-order valence-corrected chi connectivity index (χ0v) is 12.7. The van der Waals surface area contributed by atoms with E-state index in [4.69, 9.17) is 0 Å². The molecule has 0 radical (unpaired) electrons. The van der Waals surface area contributed by atoms with E-state index in [-0.39, 0.29) is 18.2 Å². The van der Waals surface area contributed by atoms with Crippen molar-refractivity contribution in [1.29, 1.82) is 0 Å². The van der Waals surface area contributed by atoms with Gasteiger partial charge in [-0.15, -0.1) is 0 Å². The number of amides is 2. The summed E-state index contributed by atoms with van der Waals surface area (Å²) in [5, 5.41) is 5.60. The Hall–Kier alpha value is -1.84. The standard InChI is InChI=1S/C16H24N2O2/c1-5-12-7-6-8-13(11-12)18-14(19)9-10-17-15(20)16(2,3)4/h6-8,11H,5,9-10H2,1-4H3,(H,17,20)(H,18,19). The first-order valence-electron chi connectivity index (χ1n) is 7.00. The monoisotopic (exact) mass is 276 g/mol. The van der Waals surface area contributed by atoms with Crippen LogP contribution in [0.15, 0.2) is 24.3 Å². The van der Waals surface area contributed by atoms with E-state index in [1.54, 1.807) is 0 Å². The van der Waals surface area contributed by atoms with Crippen LogP contribution in [-0.2, 0) is 16.0 Å². The maximum Gasteiger partial charge on any atom is 0.226 e. The summed E-state index contributed by atoms with van der Waals surface area (Å²) in [7, 11) is 0. The quantitative estimate of drug-likeness (QED) is 0.868. The number of anilines is 1. The Morgan fingerprint density at radius 1 is 1.20 bits per heavy atom. The van der Waals surface area contributed by atoms with Gasteiger partial charge in [-0.1, -0.05) is 39.8 Å². The van der Waals surface area contributed by atoms with Crippen LogP contribution in [0.1, 0.15) is 39.7 Å². The largest absolute Gasteiger partial charge is 0.355 e. The molecule has 1 rings (SSSR count). The Morgan fingerprint density at radius 2 is 1.90 bits per heavy atom.